The molecule has 5 nitrogen and oxygen atoms in total. The highest BCUT2D eigenvalue weighted by Gasteiger charge is 2.36. The first kappa shape index (κ1) is 16.8. The van der Waals surface area contributed by atoms with Crippen LogP contribution in [0.3, 0.4) is 0 Å². The van der Waals surface area contributed by atoms with Crippen LogP contribution in [-0.4, -0.2) is 34.9 Å². The minimum Gasteiger partial charge on any atom is -0.481 e. The zero-order chi connectivity index (χ0) is 18.0. The van der Waals surface area contributed by atoms with Gasteiger partial charge in [-0.1, -0.05) is 48.5 Å². The molecule has 0 aliphatic carbocycles. The van der Waals surface area contributed by atoms with Crippen LogP contribution in [0.2, 0.25) is 0 Å². The van der Waals surface area contributed by atoms with E-state index >= 15 is 0 Å². The van der Waals surface area contributed by atoms with E-state index < -0.39 is 0 Å². The first-order chi connectivity index (χ1) is 12.7. The summed E-state index contributed by atoms with van der Waals surface area (Å²) in [5.41, 5.74) is 9.69. The summed E-state index contributed by atoms with van der Waals surface area (Å²) in [6, 6.07) is 20.4. The number of para-hydroxylation sites is 1. The predicted octanol–water partition coefficient (Wildman–Crippen LogP) is 2.94. The molecule has 1 aliphatic rings. The monoisotopic (exact) mass is 348 g/mol. The number of methoxy groups -OCH3 is 1. The van der Waals surface area contributed by atoms with Crippen molar-refractivity contribution in [2.24, 2.45) is 5.73 Å². The molecular formula is C21H24N4O. The van der Waals surface area contributed by atoms with Gasteiger partial charge in [0.05, 0.1) is 24.5 Å². The zero-order valence-corrected chi connectivity index (χ0v) is 15.0. The van der Waals surface area contributed by atoms with Crippen LogP contribution >= 0.6 is 0 Å². The van der Waals surface area contributed by atoms with E-state index in [0.29, 0.717) is 0 Å². The molecule has 1 aromatic heterocycles. The van der Waals surface area contributed by atoms with Gasteiger partial charge in [0.25, 0.3) is 0 Å². The molecule has 2 aromatic carbocycles. The summed E-state index contributed by atoms with van der Waals surface area (Å²) in [7, 11) is 1.70. The van der Waals surface area contributed by atoms with E-state index in [2.05, 4.69) is 34.3 Å². The lowest BCUT2D eigenvalue weighted by Crippen LogP contribution is -2.39. The van der Waals surface area contributed by atoms with Crippen molar-refractivity contribution in [1.82, 2.24) is 14.7 Å². The van der Waals surface area contributed by atoms with Gasteiger partial charge in [-0.3, -0.25) is 4.90 Å². The Bertz CT molecular complexity index is 862. The van der Waals surface area contributed by atoms with Crippen molar-refractivity contribution in [3.8, 4) is 11.6 Å². The largest absolute Gasteiger partial charge is 0.481 e. The lowest BCUT2D eigenvalue weighted by atomic mass is 9.90. The Labute approximate surface area is 154 Å². The Morgan fingerprint density at radius 2 is 1.77 bits per heavy atom. The van der Waals surface area contributed by atoms with Crippen LogP contribution in [-0.2, 0) is 12.1 Å². The van der Waals surface area contributed by atoms with Crippen LogP contribution in [0.25, 0.3) is 5.69 Å². The van der Waals surface area contributed by atoms with E-state index in [1.165, 1.54) is 5.56 Å². The Kier molecular flexibility index (Phi) is 4.49. The molecule has 4 rings (SSSR count). The normalized spacial score (nSPS) is 20.4. The van der Waals surface area contributed by atoms with Crippen LogP contribution in [0, 0.1) is 0 Å². The van der Waals surface area contributed by atoms with Crippen molar-refractivity contribution in [2.45, 2.75) is 18.5 Å². The molecular weight excluding hydrogens is 324 g/mol. The molecule has 1 saturated heterocycles. The number of hydrogen-bond acceptors (Lipinski definition) is 4. The average Bonchev–Trinajstić information content (AvgIpc) is 3.27. The van der Waals surface area contributed by atoms with Crippen molar-refractivity contribution in [3.63, 3.8) is 0 Å². The third kappa shape index (κ3) is 3.11. The number of benzene rings is 2. The van der Waals surface area contributed by atoms with Gasteiger partial charge in [0.1, 0.15) is 0 Å². The van der Waals surface area contributed by atoms with E-state index in [4.69, 9.17) is 10.5 Å². The molecule has 2 heterocycles. The summed E-state index contributed by atoms with van der Waals surface area (Å²) >= 11 is 0. The Balaban J connectivity index is 1.53. The van der Waals surface area contributed by atoms with Gasteiger partial charge < -0.3 is 10.5 Å². The van der Waals surface area contributed by atoms with Crippen molar-refractivity contribution in [2.75, 3.05) is 20.2 Å². The summed E-state index contributed by atoms with van der Waals surface area (Å²) in [5, 5.41) is 4.53. The van der Waals surface area contributed by atoms with Crippen LogP contribution in [0.1, 0.15) is 17.5 Å². The van der Waals surface area contributed by atoms with Gasteiger partial charge in [-0.2, -0.15) is 5.10 Å². The highest BCUT2D eigenvalue weighted by Crippen LogP contribution is 2.32. The van der Waals surface area contributed by atoms with Gasteiger partial charge >= 0.3 is 0 Å². The summed E-state index contributed by atoms with van der Waals surface area (Å²) in [5.74, 6) is 0.783. The van der Waals surface area contributed by atoms with Crippen LogP contribution in [0.4, 0.5) is 0 Å². The third-order valence-electron chi connectivity index (χ3n) is 5.11. The molecule has 1 unspecified atom stereocenters. The van der Waals surface area contributed by atoms with Crippen molar-refractivity contribution < 1.29 is 4.74 Å². The minimum atomic E-state index is -0.288. The maximum atomic E-state index is 6.70. The molecule has 0 saturated carbocycles. The summed E-state index contributed by atoms with van der Waals surface area (Å²) in [6.07, 6.45) is 2.84. The van der Waals surface area contributed by atoms with Gasteiger partial charge in [-0.25, -0.2) is 4.68 Å². The summed E-state index contributed by atoms with van der Waals surface area (Å²) < 4.78 is 7.51. The Hall–Kier alpha value is -2.63. The first-order valence-electron chi connectivity index (χ1n) is 8.93. The quantitative estimate of drug-likeness (QED) is 0.770. The fourth-order valence-corrected chi connectivity index (χ4v) is 3.75. The molecule has 26 heavy (non-hydrogen) atoms. The summed E-state index contributed by atoms with van der Waals surface area (Å²) in [6.45, 7) is 2.57. The van der Waals surface area contributed by atoms with Gasteiger partial charge in [-0.05, 0) is 24.1 Å². The minimum absolute atomic E-state index is 0.288. The van der Waals surface area contributed by atoms with Gasteiger partial charge in [-0.15, -0.1) is 0 Å². The number of likely N-dealkylation sites (tertiary alicyclic amines) is 1. The first-order valence-corrected chi connectivity index (χ1v) is 8.93. The molecule has 3 aromatic rings. The highest BCUT2D eigenvalue weighted by molar-refractivity contribution is 5.38. The number of nitrogens with two attached hydrogens (primary N) is 1. The molecule has 1 fully saturated rings. The van der Waals surface area contributed by atoms with Crippen LogP contribution < -0.4 is 10.5 Å². The molecule has 5 heteroatoms. The molecule has 1 aliphatic heterocycles. The molecule has 0 spiro atoms. The zero-order valence-electron chi connectivity index (χ0n) is 15.0. The Morgan fingerprint density at radius 1 is 1.08 bits per heavy atom. The number of ether oxygens (including phenoxy) is 1. The molecule has 1 atom stereocenters. The van der Waals surface area contributed by atoms with Gasteiger partial charge in [0, 0.05) is 25.2 Å². The van der Waals surface area contributed by atoms with Crippen LogP contribution in [0.15, 0.2) is 66.9 Å². The summed E-state index contributed by atoms with van der Waals surface area (Å²) in [4.78, 5) is 2.38. The molecule has 2 N–H and O–H groups in total. The molecule has 0 amide bonds. The second-order valence-electron chi connectivity index (χ2n) is 6.91. The third-order valence-corrected chi connectivity index (χ3v) is 5.11. The second kappa shape index (κ2) is 6.94. The van der Waals surface area contributed by atoms with E-state index in [0.717, 1.165) is 43.2 Å². The fourth-order valence-electron chi connectivity index (χ4n) is 3.75. The maximum Gasteiger partial charge on any atom is 0.220 e. The maximum absolute atomic E-state index is 6.70. The predicted molar refractivity (Wildman–Crippen MR) is 102 cm³/mol. The van der Waals surface area contributed by atoms with E-state index in [1.54, 1.807) is 7.11 Å². The highest BCUT2D eigenvalue weighted by atomic mass is 16.5. The Morgan fingerprint density at radius 3 is 2.46 bits per heavy atom. The SMILES string of the molecule is COc1c(CN2CCC(N)(c3ccccc3)C2)cnn1-c1ccccc1. The smallest absolute Gasteiger partial charge is 0.220 e. The number of aromatic nitrogens is 2. The van der Waals surface area contributed by atoms with Gasteiger partial charge in [0.2, 0.25) is 5.88 Å². The van der Waals surface area contributed by atoms with Crippen molar-refractivity contribution in [3.05, 3.63) is 78.0 Å². The standard InChI is InChI=1S/C21H24N4O/c1-26-20-17(14-23-25(20)19-10-6-3-7-11-19)15-24-13-12-21(22,16-24)18-8-4-2-5-9-18/h2-11,14H,12-13,15-16,22H2,1H3. The van der Waals surface area contributed by atoms with E-state index in [1.807, 2.05) is 47.3 Å². The number of hydrogen-bond donors (Lipinski definition) is 1. The number of rotatable bonds is 5. The van der Waals surface area contributed by atoms with E-state index in [-0.39, 0.29) is 5.54 Å². The lowest BCUT2D eigenvalue weighted by molar-refractivity contribution is 0.296. The molecule has 0 bridgehead atoms. The lowest BCUT2D eigenvalue weighted by Gasteiger charge is -2.25. The van der Waals surface area contributed by atoms with Crippen molar-refractivity contribution in [1.29, 1.82) is 0 Å². The van der Waals surface area contributed by atoms with E-state index in [9.17, 15) is 0 Å². The molecule has 0 radical (unpaired) electrons. The van der Waals surface area contributed by atoms with Crippen molar-refractivity contribution >= 4 is 0 Å². The van der Waals surface area contributed by atoms with Gasteiger partial charge in [0.15, 0.2) is 0 Å². The van der Waals surface area contributed by atoms with Crippen LogP contribution in [0.5, 0.6) is 5.88 Å². The average molecular weight is 348 g/mol. The number of nitrogens with zero attached hydrogens (tertiary/aromatic N) is 3. The fraction of sp³-hybridized carbons (Fsp3) is 0.286. The molecule has 134 valence electrons. The topological polar surface area (TPSA) is 56.3 Å². The second-order valence-corrected chi connectivity index (χ2v) is 6.91.